The maximum absolute atomic E-state index is 14.2. The maximum atomic E-state index is 14.2. The van der Waals surface area contributed by atoms with Crippen molar-refractivity contribution in [2.75, 3.05) is 13.7 Å². The van der Waals surface area contributed by atoms with Gasteiger partial charge in [0.15, 0.2) is 11.5 Å². The number of likely N-dealkylation sites (N-methyl/N-ethyl adjacent to an activating group) is 1. The lowest BCUT2D eigenvalue weighted by atomic mass is 9.82. The van der Waals surface area contributed by atoms with E-state index in [-0.39, 0.29) is 29.3 Å². The molecule has 0 aromatic heterocycles. The molecular weight excluding hydrogens is 402 g/mol. The van der Waals surface area contributed by atoms with Crippen molar-refractivity contribution in [2.24, 2.45) is 10.7 Å². The van der Waals surface area contributed by atoms with Crippen LogP contribution in [0.4, 0.5) is 17.6 Å². The average molecular weight is 419 g/mol. The van der Waals surface area contributed by atoms with E-state index in [1.165, 1.54) is 43.4 Å². The molecule has 2 aromatic rings. The predicted octanol–water partition coefficient (Wildman–Crippen LogP) is 3.17. The van der Waals surface area contributed by atoms with Gasteiger partial charge in [-0.15, -0.1) is 0 Å². The maximum Gasteiger partial charge on any atom is 0.387 e. The zero-order valence-electron chi connectivity index (χ0n) is 15.8. The third-order valence-corrected chi connectivity index (χ3v) is 4.56. The van der Waals surface area contributed by atoms with Crippen molar-refractivity contribution in [1.82, 2.24) is 4.90 Å². The van der Waals surface area contributed by atoms with Gasteiger partial charge in [-0.3, -0.25) is 14.1 Å². The quantitative estimate of drug-likeness (QED) is 0.598. The van der Waals surface area contributed by atoms with Gasteiger partial charge in [0.05, 0.1) is 5.56 Å². The number of guanidine groups is 1. The summed E-state index contributed by atoms with van der Waals surface area (Å²) in [6.07, 6.45) is -0.0623. The van der Waals surface area contributed by atoms with Gasteiger partial charge in [0, 0.05) is 13.5 Å². The van der Waals surface area contributed by atoms with Crippen LogP contribution in [-0.2, 0) is 10.3 Å². The number of ether oxygens (including phenoxy) is 1. The molecule has 1 aliphatic rings. The standard InChI is InChI=1S/C21H17F4N3O2/c1-28-18(29)21(27-20(28)26,14-5-8-16(9-6-14)30-19(24)25)15-7-10-17(23)13(12-15)4-2-3-11-22/h5-10,12,19H,3,11H2,1H3,(H2,26,27). The van der Waals surface area contributed by atoms with Gasteiger partial charge in [0.2, 0.25) is 0 Å². The van der Waals surface area contributed by atoms with Crippen LogP contribution in [0.1, 0.15) is 23.1 Å². The van der Waals surface area contributed by atoms with Gasteiger partial charge in [0.1, 0.15) is 18.2 Å². The zero-order valence-corrected chi connectivity index (χ0v) is 15.8. The summed E-state index contributed by atoms with van der Waals surface area (Å²) < 4.78 is 55.7. The summed E-state index contributed by atoms with van der Waals surface area (Å²) in [6.45, 7) is -3.67. The highest BCUT2D eigenvalue weighted by atomic mass is 19.3. The molecule has 0 saturated heterocycles. The summed E-state index contributed by atoms with van der Waals surface area (Å²) in [5, 5.41) is 0. The molecular formula is C21H17F4N3O2. The van der Waals surface area contributed by atoms with E-state index >= 15 is 0 Å². The molecule has 5 nitrogen and oxygen atoms in total. The normalized spacial score (nSPS) is 18.3. The molecule has 0 aliphatic carbocycles. The third kappa shape index (κ3) is 3.81. The molecule has 1 amide bonds. The van der Waals surface area contributed by atoms with Crippen LogP contribution in [0.5, 0.6) is 5.75 Å². The van der Waals surface area contributed by atoms with Gasteiger partial charge in [-0.25, -0.2) is 9.38 Å². The highest BCUT2D eigenvalue weighted by molar-refractivity contribution is 6.08. The first-order chi connectivity index (χ1) is 14.3. The zero-order chi connectivity index (χ0) is 21.9. The lowest BCUT2D eigenvalue weighted by molar-refractivity contribution is -0.129. The molecule has 0 fully saturated rings. The number of rotatable bonds is 5. The minimum atomic E-state index is -3.00. The van der Waals surface area contributed by atoms with E-state index < -0.39 is 30.5 Å². The van der Waals surface area contributed by atoms with Crippen LogP contribution in [0.15, 0.2) is 47.5 Å². The van der Waals surface area contributed by atoms with Crippen molar-refractivity contribution >= 4 is 11.9 Å². The number of alkyl halides is 3. The summed E-state index contributed by atoms with van der Waals surface area (Å²) in [5.41, 5.74) is 4.76. The largest absolute Gasteiger partial charge is 0.435 e. The minimum Gasteiger partial charge on any atom is -0.435 e. The van der Waals surface area contributed by atoms with Gasteiger partial charge >= 0.3 is 6.61 Å². The molecule has 1 unspecified atom stereocenters. The molecule has 156 valence electrons. The smallest absolute Gasteiger partial charge is 0.387 e. The number of nitrogens with two attached hydrogens (primary N) is 1. The Morgan fingerprint density at radius 2 is 1.87 bits per heavy atom. The summed E-state index contributed by atoms with van der Waals surface area (Å²) in [7, 11) is 1.43. The molecule has 0 saturated carbocycles. The van der Waals surface area contributed by atoms with E-state index in [1.807, 2.05) is 0 Å². The molecule has 0 bridgehead atoms. The Morgan fingerprint density at radius 3 is 2.43 bits per heavy atom. The summed E-state index contributed by atoms with van der Waals surface area (Å²) in [6, 6.07) is 9.19. The molecule has 0 spiro atoms. The molecule has 0 radical (unpaired) electrons. The first kappa shape index (κ1) is 21.2. The Hall–Kier alpha value is -3.54. The molecule has 1 aliphatic heterocycles. The second kappa shape index (κ2) is 8.45. The van der Waals surface area contributed by atoms with E-state index in [1.54, 1.807) is 0 Å². The second-order valence-electron chi connectivity index (χ2n) is 6.38. The Bertz CT molecular complexity index is 1040. The van der Waals surface area contributed by atoms with Gasteiger partial charge < -0.3 is 10.5 Å². The van der Waals surface area contributed by atoms with Crippen molar-refractivity contribution in [3.05, 3.63) is 65.0 Å². The Morgan fingerprint density at radius 1 is 1.20 bits per heavy atom. The lowest BCUT2D eigenvalue weighted by Crippen LogP contribution is -2.41. The topological polar surface area (TPSA) is 67.9 Å². The fraction of sp³-hybridized carbons (Fsp3) is 0.238. The second-order valence-corrected chi connectivity index (χ2v) is 6.38. The van der Waals surface area contributed by atoms with Crippen molar-refractivity contribution in [2.45, 2.75) is 18.6 Å². The van der Waals surface area contributed by atoms with Crippen molar-refractivity contribution < 1.29 is 27.1 Å². The van der Waals surface area contributed by atoms with Crippen LogP contribution in [0.3, 0.4) is 0 Å². The summed E-state index contributed by atoms with van der Waals surface area (Å²) in [5.74, 6) is 3.72. The van der Waals surface area contributed by atoms with Crippen molar-refractivity contribution in [3.63, 3.8) is 0 Å². The summed E-state index contributed by atoms with van der Waals surface area (Å²) >= 11 is 0. The molecule has 1 atom stereocenters. The number of carbonyl (C=O) groups is 1. The third-order valence-electron chi connectivity index (χ3n) is 4.56. The molecule has 2 N–H and O–H groups in total. The van der Waals surface area contributed by atoms with E-state index in [9.17, 15) is 22.4 Å². The van der Waals surface area contributed by atoms with Crippen LogP contribution in [-0.4, -0.2) is 37.1 Å². The molecule has 9 heteroatoms. The van der Waals surface area contributed by atoms with Crippen molar-refractivity contribution in [3.8, 4) is 17.6 Å². The van der Waals surface area contributed by atoms with Crippen LogP contribution in [0.2, 0.25) is 0 Å². The minimum absolute atomic E-state index is 0.0332. The van der Waals surface area contributed by atoms with Gasteiger partial charge in [0.25, 0.3) is 5.91 Å². The SMILES string of the molecule is CN1C(=O)C(c2ccc(OC(F)F)cc2)(c2ccc(F)c(C#CCCF)c2)N=C1N. The monoisotopic (exact) mass is 419 g/mol. The number of halogens is 4. The first-order valence-corrected chi connectivity index (χ1v) is 8.83. The van der Waals surface area contributed by atoms with Gasteiger partial charge in [-0.2, -0.15) is 8.78 Å². The number of nitrogens with zero attached hydrogens (tertiary/aromatic N) is 2. The molecule has 30 heavy (non-hydrogen) atoms. The number of benzene rings is 2. The van der Waals surface area contributed by atoms with E-state index in [0.717, 1.165) is 11.0 Å². The molecule has 3 rings (SSSR count). The van der Waals surface area contributed by atoms with E-state index in [2.05, 4.69) is 21.6 Å². The van der Waals surface area contributed by atoms with Crippen LogP contribution in [0.25, 0.3) is 0 Å². The Labute approximate surface area is 170 Å². The number of aliphatic imine (C=N–C) groups is 1. The highest BCUT2D eigenvalue weighted by Crippen LogP contribution is 2.40. The number of hydrogen-bond donors (Lipinski definition) is 1. The average Bonchev–Trinajstić information content (AvgIpc) is 2.94. The van der Waals surface area contributed by atoms with Crippen LogP contribution < -0.4 is 10.5 Å². The number of hydrogen-bond acceptors (Lipinski definition) is 4. The van der Waals surface area contributed by atoms with Crippen LogP contribution >= 0.6 is 0 Å². The van der Waals surface area contributed by atoms with Crippen LogP contribution in [0, 0.1) is 17.7 Å². The van der Waals surface area contributed by atoms with E-state index in [4.69, 9.17) is 5.73 Å². The molecule has 1 heterocycles. The highest BCUT2D eigenvalue weighted by Gasteiger charge is 2.49. The van der Waals surface area contributed by atoms with Crippen molar-refractivity contribution in [1.29, 1.82) is 0 Å². The number of amides is 1. The van der Waals surface area contributed by atoms with E-state index in [0.29, 0.717) is 5.56 Å². The fourth-order valence-corrected chi connectivity index (χ4v) is 3.11. The Balaban J connectivity index is 2.15. The number of carbonyl (C=O) groups excluding carboxylic acids is 1. The Kier molecular flexibility index (Phi) is 5.96. The lowest BCUT2D eigenvalue weighted by Gasteiger charge is -2.26. The molecule has 2 aromatic carbocycles. The fourth-order valence-electron chi connectivity index (χ4n) is 3.11. The predicted molar refractivity (Wildman–Crippen MR) is 102 cm³/mol. The van der Waals surface area contributed by atoms with Gasteiger partial charge in [-0.1, -0.05) is 30.0 Å². The summed E-state index contributed by atoms with van der Waals surface area (Å²) in [4.78, 5) is 18.6. The van der Waals surface area contributed by atoms with Gasteiger partial charge in [-0.05, 0) is 35.4 Å². The first-order valence-electron chi connectivity index (χ1n) is 8.83.